The Bertz CT molecular complexity index is 1370. The van der Waals surface area contributed by atoms with Crippen molar-refractivity contribution in [2.24, 2.45) is 5.92 Å². The summed E-state index contributed by atoms with van der Waals surface area (Å²) in [6, 6.07) is 13.8. The number of carbonyl (C=O) groups excluding carboxylic acids is 1. The van der Waals surface area contributed by atoms with Crippen molar-refractivity contribution >= 4 is 34.7 Å². The van der Waals surface area contributed by atoms with E-state index in [-0.39, 0.29) is 18.2 Å². The van der Waals surface area contributed by atoms with Crippen LogP contribution in [0.15, 0.2) is 48.7 Å². The predicted octanol–water partition coefficient (Wildman–Crippen LogP) is 4.76. The van der Waals surface area contributed by atoms with Gasteiger partial charge in [0.2, 0.25) is 0 Å². The summed E-state index contributed by atoms with van der Waals surface area (Å²) in [6.07, 6.45) is 1.75. The summed E-state index contributed by atoms with van der Waals surface area (Å²) in [4.78, 5) is 26.7. The van der Waals surface area contributed by atoms with Crippen molar-refractivity contribution in [3.8, 4) is 11.1 Å². The Hall–Kier alpha value is -4.02. The Morgan fingerprint density at radius 3 is 2.29 bits per heavy atom. The second kappa shape index (κ2) is 13.1. The van der Waals surface area contributed by atoms with Gasteiger partial charge in [0.25, 0.3) is 0 Å². The van der Waals surface area contributed by atoms with E-state index in [1.165, 1.54) is 0 Å². The first kappa shape index (κ1) is 28.5. The van der Waals surface area contributed by atoms with E-state index in [1.807, 2.05) is 38.1 Å². The number of esters is 1. The molecule has 5 rings (SSSR count). The van der Waals surface area contributed by atoms with E-state index >= 15 is 0 Å². The molecule has 10 nitrogen and oxygen atoms in total. The Labute approximate surface area is 241 Å². The predicted molar refractivity (Wildman–Crippen MR) is 161 cm³/mol. The second-order valence-corrected chi connectivity index (χ2v) is 10.3. The lowest BCUT2D eigenvalue weighted by atomic mass is 9.91. The molecule has 2 N–H and O–H groups in total. The van der Waals surface area contributed by atoms with Crippen molar-refractivity contribution in [1.82, 2.24) is 9.97 Å². The number of aromatic nitrogens is 2. The molecule has 3 aromatic rings. The first-order valence-electron chi connectivity index (χ1n) is 14.2. The SMILES string of the molecule is CCOC(=O)c1cc(-c2ccc(N3CCOCC3)cc2)c(C(=N)C(C)C)c(Nc2ccnc(N3CCOCC3)c2)n1. The first-order valence-corrected chi connectivity index (χ1v) is 14.2. The summed E-state index contributed by atoms with van der Waals surface area (Å²) in [5.41, 5.74) is 4.78. The maximum absolute atomic E-state index is 13.0. The molecule has 1 aromatic carbocycles. The van der Waals surface area contributed by atoms with Crippen LogP contribution in [0.3, 0.4) is 0 Å². The molecule has 2 aliphatic heterocycles. The molecule has 2 aromatic heterocycles. The lowest BCUT2D eigenvalue weighted by Gasteiger charge is -2.29. The van der Waals surface area contributed by atoms with Crippen LogP contribution in [0.25, 0.3) is 11.1 Å². The molecule has 0 amide bonds. The van der Waals surface area contributed by atoms with Crippen LogP contribution in [0.5, 0.6) is 0 Å². The van der Waals surface area contributed by atoms with Crippen LogP contribution < -0.4 is 15.1 Å². The number of morpholine rings is 2. The van der Waals surface area contributed by atoms with Crippen LogP contribution in [-0.4, -0.2) is 80.9 Å². The molecule has 0 atom stereocenters. The monoisotopic (exact) mass is 558 g/mol. The first-order chi connectivity index (χ1) is 19.9. The molecule has 0 aliphatic carbocycles. The molecule has 0 unspecified atom stereocenters. The van der Waals surface area contributed by atoms with Crippen molar-refractivity contribution in [3.05, 3.63) is 59.9 Å². The minimum absolute atomic E-state index is 0.0708. The van der Waals surface area contributed by atoms with E-state index in [0.717, 1.165) is 54.5 Å². The zero-order valence-electron chi connectivity index (χ0n) is 24.0. The van der Waals surface area contributed by atoms with E-state index in [2.05, 4.69) is 32.2 Å². The molecule has 41 heavy (non-hydrogen) atoms. The number of rotatable bonds is 9. The summed E-state index contributed by atoms with van der Waals surface area (Å²) in [5.74, 6) is 0.687. The third kappa shape index (κ3) is 6.66. The number of nitrogens with zero attached hydrogens (tertiary/aromatic N) is 4. The van der Waals surface area contributed by atoms with Gasteiger partial charge in [0, 0.05) is 61.1 Å². The highest BCUT2D eigenvalue weighted by atomic mass is 16.5. The zero-order valence-corrected chi connectivity index (χ0v) is 24.0. The number of anilines is 4. The number of carbonyl (C=O) groups is 1. The summed E-state index contributed by atoms with van der Waals surface area (Å²) >= 11 is 0. The van der Waals surface area contributed by atoms with Gasteiger partial charge in [0.05, 0.1) is 33.0 Å². The van der Waals surface area contributed by atoms with E-state index < -0.39 is 5.97 Å². The number of hydrogen-bond donors (Lipinski definition) is 2. The van der Waals surface area contributed by atoms with E-state index in [4.69, 9.17) is 24.6 Å². The minimum Gasteiger partial charge on any atom is -0.461 e. The van der Waals surface area contributed by atoms with Crippen LogP contribution in [0.2, 0.25) is 0 Å². The van der Waals surface area contributed by atoms with Crippen molar-refractivity contribution < 1.29 is 19.0 Å². The number of benzene rings is 1. The minimum atomic E-state index is -0.506. The number of ether oxygens (including phenoxy) is 3. The number of pyridine rings is 2. The highest BCUT2D eigenvalue weighted by Gasteiger charge is 2.24. The zero-order chi connectivity index (χ0) is 28.8. The Morgan fingerprint density at radius 1 is 1.00 bits per heavy atom. The fourth-order valence-electron chi connectivity index (χ4n) is 5.01. The fourth-order valence-corrected chi connectivity index (χ4v) is 5.01. The molecule has 216 valence electrons. The largest absolute Gasteiger partial charge is 0.461 e. The second-order valence-electron chi connectivity index (χ2n) is 10.3. The molecule has 4 heterocycles. The maximum Gasteiger partial charge on any atom is 0.357 e. The molecule has 0 saturated carbocycles. The smallest absolute Gasteiger partial charge is 0.357 e. The molecule has 2 aliphatic rings. The molecule has 0 bridgehead atoms. The van der Waals surface area contributed by atoms with Gasteiger partial charge in [-0.1, -0.05) is 26.0 Å². The number of nitrogens with one attached hydrogen (secondary N) is 2. The van der Waals surface area contributed by atoms with Gasteiger partial charge in [-0.15, -0.1) is 0 Å². The van der Waals surface area contributed by atoms with E-state index in [0.29, 0.717) is 43.5 Å². The Kier molecular flexibility index (Phi) is 9.11. The van der Waals surface area contributed by atoms with Crippen molar-refractivity contribution in [1.29, 1.82) is 5.41 Å². The normalized spacial score (nSPS) is 15.6. The Balaban J connectivity index is 1.58. The van der Waals surface area contributed by atoms with E-state index in [9.17, 15) is 4.79 Å². The van der Waals surface area contributed by atoms with Gasteiger partial charge in [-0.3, -0.25) is 0 Å². The highest BCUT2D eigenvalue weighted by molar-refractivity contribution is 6.10. The van der Waals surface area contributed by atoms with Gasteiger partial charge in [-0.05, 0) is 48.2 Å². The van der Waals surface area contributed by atoms with Crippen molar-refractivity contribution in [2.45, 2.75) is 20.8 Å². The average molecular weight is 559 g/mol. The quantitative estimate of drug-likeness (QED) is 0.283. The molecule has 0 radical (unpaired) electrons. The Morgan fingerprint density at radius 2 is 1.66 bits per heavy atom. The van der Waals surface area contributed by atoms with Crippen molar-refractivity contribution in [2.75, 3.05) is 74.3 Å². The van der Waals surface area contributed by atoms with Crippen LogP contribution in [0.1, 0.15) is 36.8 Å². The van der Waals surface area contributed by atoms with Gasteiger partial charge >= 0.3 is 5.97 Å². The molecule has 2 saturated heterocycles. The molecule has 10 heteroatoms. The topological polar surface area (TPSA) is 113 Å². The molecular weight excluding hydrogens is 520 g/mol. The third-order valence-electron chi connectivity index (χ3n) is 7.25. The number of hydrogen-bond acceptors (Lipinski definition) is 10. The van der Waals surface area contributed by atoms with Crippen LogP contribution in [0, 0.1) is 11.3 Å². The van der Waals surface area contributed by atoms with Gasteiger partial charge < -0.3 is 34.7 Å². The third-order valence-corrected chi connectivity index (χ3v) is 7.25. The summed E-state index contributed by atoms with van der Waals surface area (Å²) in [7, 11) is 0. The summed E-state index contributed by atoms with van der Waals surface area (Å²) in [6.45, 7) is 11.9. The summed E-state index contributed by atoms with van der Waals surface area (Å²) < 4.78 is 16.3. The molecule has 2 fully saturated rings. The van der Waals surface area contributed by atoms with Crippen LogP contribution in [-0.2, 0) is 14.2 Å². The standard InChI is InChI=1S/C31H38N6O4/c1-4-41-31(38)26-20-25(22-5-7-24(8-6-22)36-11-15-39-16-12-36)28(29(32)21(2)3)30(35-26)34-23-9-10-33-27(19-23)37-13-17-40-18-14-37/h5-10,19-21,32H,4,11-18H2,1-3H3,(H,33,34,35). The van der Waals surface area contributed by atoms with E-state index in [1.54, 1.807) is 19.2 Å². The summed E-state index contributed by atoms with van der Waals surface area (Å²) in [5, 5.41) is 12.5. The lowest BCUT2D eigenvalue weighted by Crippen LogP contribution is -2.36. The van der Waals surface area contributed by atoms with Gasteiger partial charge in [-0.2, -0.15) is 0 Å². The highest BCUT2D eigenvalue weighted by Crippen LogP contribution is 2.34. The molecule has 0 spiro atoms. The fraction of sp³-hybridized carbons (Fsp3) is 0.419. The average Bonchev–Trinajstić information content (AvgIpc) is 3.01. The van der Waals surface area contributed by atoms with Crippen LogP contribution >= 0.6 is 0 Å². The lowest BCUT2D eigenvalue weighted by molar-refractivity contribution is 0.0519. The van der Waals surface area contributed by atoms with Crippen molar-refractivity contribution in [3.63, 3.8) is 0 Å². The van der Waals surface area contributed by atoms with Gasteiger partial charge in [-0.25, -0.2) is 14.8 Å². The maximum atomic E-state index is 13.0. The van der Waals surface area contributed by atoms with Gasteiger partial charge in [0.1, 0.15) is 11.6 Å². The molecular formula is C31H38N6O4. The van der Waals surface area contributed by atoms with Gasteiger partial charge in [0.15, 0.2) is 5.69 Å². The van der Waals surface area contributed by atoms with Crippen LogP contribution in [0.4, 0.5) is 23.0 Å².